The Morgan fingerprint density at radius 1 is 1.10 bits per heavy atom. The lowest BCUT2D eigenvalue weighted by Gasteiger charge is -2.45. The molecule has 2 amide bonds. The molecule has 0 unspecified atom stereocenters. The molecule has 2 aliphatic heterocycles. The van der Waals surface area contributed by atoms with Gasteiger partial charge in [0, 0.05) is 58.2 Å². The molecular formula is C23H28N4O2. The van der Waals surface area contributed by atoms with Crippen LogP contribution < -0.4 is 5.32 Å². The van der Waals surface area contributed by atoms with Gasteiger partial charge in [0.25, 0.3) is 0 Å². The van der Waals surface area contributed by atoms with Crippen LogP contribution in [0.4, 0.5) is 0 Å². The number of carbonyl (C=O) groups is 2. The first kappa shape index (κ1) is 19.6. The van der Waals surface area contributed by atoms with E-state index in [-0.39, 0.29) is 23.8 Å². The molecule has 1 N–H and O–H groups in total. The van der Waals surface area contributed by atoms with Crippen molar-refractivity contribution in [3.05, 3.63) is 66.0 Å². The molecule has 0 aliphatic carbocycles. The molecule has 3 heterocycles. The van der Waals surface area contributed by atoms with Crippen LogP contribution in [-0.2, 0) is 16.1 Å². The van der Waals surface area contributed by atoms with E-state index in [4.69, 9.17) is 0 Å². The number of nitrogens with zero attached hydrogens (tertiary/aromatic N) is 3. The molecule has 3 atom stereocenters. The van der Waals surface area contributed by atoms with E-state index in [9.17, 15) is 9.59 Å². The first-order valence-electron chi connectivity index (χ1n) is 10.2. The number of pyridine rings is 1. The molecule has 0 bridgehead atoms. The zero-order chi connectivity index (χ0) is 20.4. The average molecular weight is 393 g/mol. The van der Waals surface area contributed by atoms with Crippen molar-refractivity contribution in [3.63, 3.8) is 0 Å². The third-order valence-electron chi connectivity index (χ3n) is 6.26. The van der Waals surface area contributed by atoms with Crippen molar-refractivity contribution >= 4 is 11.8 Å². The Labute approximate surface area is 171 Å². The number of fused-ring (bicyclic) bond motifs is 1. The van der Waals surface area contributed by atoms with E-state index in [0.717, 1.165) is 18.7 Å². The minimum Gasteiger partial charge on any atom is -0.347 e. The Balaban J connectivity index is 1.74. The minimum absolute atomic E-state index is 0.0492. The number of hydrogen-bond donors (Lipinski definition) is 1. The van der Waals surface area contributed by atoms with E-state index >= 15 is 0 Å². The quantitative estimate of drug-likeness (QED) is 0.868. The van der Waals surface area contributed by atoms with E-state index < -0.39 is 5.54 Å². The highest BCUT2D eigenvalue weighted by Gasteiger charge is 2.56. The fourth-order valence-corrected chi connectivity index (χ4v) is 5.19. The van der Waals surface area contributed by atoms with Crippen molar-refractivity contribution in [1.82, 2.24) is 20.1 Å². The van der Waals surface area contributed by atoms with Gasteiger partial charge in [0.2, 0.25) is 11.8 Å². The van der Waals surface area contributed by atoms with Crippen LogP contribution in [0, 0.1) is 5.92 Å². The number of rotatable bonds is 4. The van der Waals surface area contributed by atoms with E-state index in [0.29, 0.717) is 19.6 Å². The summed E-state index contributed by atoms with van der Waals surface area (Å²) in [6.07, 6.45) is 2.68. The van der Waals surface area contributed by atoms with Gasteiger partial charge in [0.15, 0.2) is 0 Å². The Bertz CT molecular complexity index is 873. The predicted octanol–water partition coefficient (Wildman–Crippen LogP) is 2.38. The zero-order valence-corrected chi connectivity index (χ0v) is 17.0. The molecule has 6 nitrogen and oxygen atoms in total. The average Bonchev–Trinajstić information content (AvgIpc) is 3.01. The zero-order valence-electron chi connectivity index (χ0n) is 17.0. The highest BCUT2D eigenvalue weighted by Crippen LogP contribution is 2.48. The van der Waals surface area contributed by atoms with Crippen LogP contribution in [0.2, 0.25) is 0 Å². The molecule has 152 valence electrons. The second-order valence-corrected chi connectivity index (χ2v) is 8.25. The van der Waals surface area contributed by atoms with Crippen molar-refractivity contribution in [3.8, 4) is 0 Å². The summed E-state index contributed by atoms with van der Waals surface area (Å²) in [4.78, 5) is 33.1. The second kappa shape index (κ2) is 7.95. The maximum Gasteiger partial charge on any atom is 0.219 e. The van der Waals surface area contributed by atoms with Crippen molar-refractivity contribution in [1.29, 1.82) is 0 Å². The smallest absolute Gasteiger partial charge is 0.219 e. The van der Waals surface area contributed by atoms with E-state index in [2.05, 4.69) is 39.5 Å². The number of benzene rings is 1. The summed E-state index contributed by atoms with van der Waals surface area (Å²) in [6.45, 7) is 5.85. The van der Waals surface area contributed by atoms with Gasteiger partial charge in [-0.2, -0.15) is 0 Å². The molecule has 2 fully saturated rings. The number of nitrogens with one attached hydrogen (secondary N) is 1. The maximum absolute atomic E-state index is 12.2. The first-order valence-corrected chi connectivity index (χ1v) is 10.2. The second-order valence-electron chi connectivity index (χ2n) is 8.25. The number of carbonyl (C=O) groups excluding carboxylic acids is 2. The van der Waals surface area contributed by atoms with Crippen LogP contribution in [-0.4, -0.2) is 51.8 Å². The maximum atomic E-state index is 12.2. The summed E-state index contributed by atoms with van der Waals surface area (Å²) in [7, 11) is 0. The largest absolute Gasteiger partial charge is 0.347 e. The highest BCUT2D eigenvalue weighted by atomic mass is 16.2. The molecule has 4 rings (SSSR count). The van der Waals surface area contributed by atoms with Gasteiger partial charge in [-0.25, -0.2) is 0 Å². The van der Waals surface area contributed by atoms with Crippen molar-refractivity contribution in [2.24, 2.45) is 5.92 Å². The Morgan fingerprint density at radius 2 is 1.86 bits per heavy atom. The van der Waals surface area contributed by atoms with Crippen LogP contribution in [0.3, 0.4) is 0 Å². The van der Waals surface area contributed by atoms with Gasteiger partial charge < -0.3 is 10.2 Å². The Morgan fingerprint density at radius 3 is 2.52 bits per heavy atom. The van der Waals surface area contributed by atoms with Crippen molar-refractivity contribution in [2.45, 2.75) is 38.4 Å². The molecule has 0 spiro atoms. The third-order valence-corrected chi connectivity index (χ3v) is 6.26. The lowest BCUT2D eigenvalue weighted by Crippen LogP contribution is -2.64. The SMILES string of the molecule is CC(=O)N[C@@]12CN(C(C)=O)CC[C@@H]1[C@@H](c1ccccc1)N(Cc1ccccn1)C2. The molecular weight excluding hydrogens is 364 g/mol. The fraction of sp³-hybridized carbons (Fsp3) is 0.435. The monoisotopic (exact) mass is 392 g/mol. The number of hydrogen-bond acceptors (Lipinski definition) is 4. The molecule has 2 aliphatic rings. The molecule has 1 aromatic heterocycles. The number of aromatic nitrogens is 1. The Hall–Kier alpha value is -2.73. The van der Waals surface area contributed by atoms with Crippen LogP contribution in [0.25, 0.3) is 0 Å². The number of amides is 2. The third kappa shape index (κ3) is 3.90. The molecule has 0 saturated carbocycles. The van der Waals surface area contributed by atoms with Crippen LogP contribution in [0.5, 0.6) is 0 Å². The molecule has 1 aromatic carbocycles. The molecule has 29 heavy (non-hydrogen) atoms. The lowest BCUT2D eigenvalue weighted by atomic mass is 9.75. The molecule has 6 heteroatoms. The Kier molecular flexibility index (Phi) is 5.37. The van der Waals surface area contributed by atoms with Crippen molar-refractivity contribution in [2.75, 3.05) is 19.6 Å². The predicted molar refractivity (Wildman–Crippen MR) is 111 cm³/mol. The van der Waals surface area contributed by atoms with Crippen LogP contribution in [0.15, 0.2) is 54.7 Å². The highest BCUT2D eigenvalue weighted by molar-refractivity contribution is 5.76. The van der Waals surface area contributed by atoms with Gasteiger partial charge in [-0.1, -0.05) is 36.4 Å². The van der Waals surface area contributed by atoms with Gasteiger partial charge in [-0.05, 0) is 24.1 Å². The molecule has 2 aromatic rings. The number of piperidine rings is 1. The summed E-state index contributed by atoms with van der Waals surface area (Å²) in [5.74, 6) is 0.243. The van der Waals surface area contributed by atoms with Crippen molar-refractivity contribution < 1.29 is 9.59 Å². The molecule has 2 saturated heterocycles. The minimum atomic E-state index is -0.453. The van der Waals surface area contributed by atoms with Crippen LogP contribution in [0.1, 0.15) is 37.6 Å². The lowest BCUT2D eigenvalue weighted by molar-refractivity contribution is -0.134. The summed E-state index contributed by atoms with van der Waals surface area (Å²) in [6, 6.07) is 16.6. The summed E-state index contributed by atoms with van der Waals surface area (Å²) < 4.78 is 0. The normalized spacial score (nSPS) is 26.8. The van der Waals surface area contributed by atoms with Gasteiger partial charge in [-0.3, -0.25) is 19.5 Å². The van der Waals surface area contributed by atoms with Gasteiger partial charge >= 0.3 is 0 Å². The van der Waals surface area contributed by atoms with Gasteiger partial charge in [-0.15, -0.1) is 0 Å². The van der Waals surface area contributed by atoms with E-state index in [1.54, 1.807) is 13.8 Å². The van der Waals surface area contributed by atoms with E-state index in [1.807, 2.05) is 35.4 Å². The van der Waals surface area contributed by atoms with Gasteiger partial charge in [0.1, 0.15) is 0 Å². The standard InChI is InChI=1S/C23H28N4O2/c1-17(28)25-23-15-26(18(2)29)13-11-21(23)22(19-8-4-3-5-9-19)27(16-23)14-20-10-6-7-12-24-20/h3-10,12,21-22H,11,13-16H2,1-2H3,(H,25,28)/t21-,22-,23-/m1/s1. The molecule has 0 radical (unpaired) electrons. The number of likely N-dealkylation sites (tertiary alicyclic amines) is 2. The first-order chi connectivity index (χ1) is 14.0. The summed E-state index contributed by atoms with van der Waals surface area (Å²) >= 11 is 0. The summed E-state index contributed by atoms with van der Waals surface area (Å²) in [5.41, 5.74) is 1.80. The van der Waals surface area contributed by atoms with Gasteiger partial charge in [0.05, 0.1) is 11.2 Å². The summed E-state index contributed by atoms with van der Waals surface area (Å²) in [5, 5.41) is 3.26. The fourth-order valence-electron chi connectivity index (χ4n) is 5.19. The van der Waals surface area contributed by atoms with E-state index in [1.165, 1.54) is 5.56 Å². The topological polar surface area (TPSA) is 65.5 Å². The van der Waals surface area contributed by atoms with Crippen LogP contribution >= 0.6 is 0 Å².